The molecular weight excluding hydrogens is 202 g/mol. The van der Waals surface area contributed by atoms with Gasteiger partial charge in [-0.3, -0.25) is 0 Å². The number of imidazole rings is 1. The predicted octanol–water partition coefficient (Wildman–Crippen LogP) is 0.878. The van der Waals surface area contributed by atoms with Gasteiger partial charge in [0.05, 0.1) is 6.10 Å². The van der Waals surface area contributed by atoms with Crippen LogP contribution in [0.2, 0.25) is 0 Å². The molecule has 3 heterocycles. The van der Waals surface area contributed by atoms with Gasteiger partial charge < -0.3 is 15.0 Å². The Morgan fingerprint density at radius 3 is 3.25 bits per heavy atom. The quantitative estimate of drug-likeness (QED) is 0.806. The second-order valence-corrected chi connectivity index (χ2v) is 4.91. The lowest BCUT2D eigenvalue weighted by atomic mass is 10.1. The van der Waals surface area contributed by atoms with Crippen molar-refractivity contribution in [2.45, 2.75) is 50.8 Å². The average molecular weight is 221 g/mol. The molecule has 0 saturated carbocycles. The van der Waals surface area contributed by atoms with E-state index in [9.17, 15) is 0 Å². The molecule has 16 heavy (non-hydrogen) atoms. The Morgan fingerprint density at radius 1 is 1.50 bits per heavy atom. The van der Waals surface area contributed by atoms with Crippen molar-refractivity contribution < 1.29 is 4.74 Å². The van der Waals surface area contributed by atoms with Gasteiger partial charge in [-0.1, -0.05) is 0 Å². The van der Waals surface area contributed by atoms with Crippen molar-refractivity contribution in [1.29, 1.82) is 0 Å². The zero-order valence-corrected chi connectivity index (χ0v) is 9.56. The molecule has 2 aliphatic heterocycles. The molecule has 0 radical (unpaired) electrons. The van der Waals surface area contributed by atoms with Gasteiger partial charge in [0.15, 0.2) is 0 Å². The second kappa shape index (κ2) is 4.18. The molecule has 1 aromatic rings. The lowest BCUT2D eigenvalue weighted by molar-refractivity contribution is 0.109. The minimum atomic E-state index is 0.319. The summed E-state index contributed by atoms with van der Waals surface area (Å²) in [7, 11) is 0. The zero-order chi connectivity index (χ0) is 11.0. The number of fused-ring (bicyclic) bond motifs is 1. The Hall–Kier alpha value is -0.870. The third-order valence-electron chi connectivity index (χ3n) is 3.65. The standard InChI is InChI=1S/C12H19N3O/c13-9-3-4-15-10(6-9)8-14-12(15)7-11-2-1-5-16-11/h8-9,11H,1-7,13H2. The van der Waals surface area contributed by atoms with Crippen LogP contribution < -0.4 is 5.73 Å². The molecule has 4 heteroatoms. The molecule has 1 aromatic heterocycles. The summed E-state index contributed by atoms with van der Waals surface area (Å²) in [4.78, 5) is 4.52. The maximum atomic E-state index is 5.96. The SMILES string of the molecule is NC1CCn2c(cnc2CC2CCCO2)C1. The molecule has 0 aromatic carbocycles. The summed E-state index contributed by atoms with van der Waals surface area (Å²) in [5.74, 6) is 1.19. The van der Waals surface area contributed by atoms with Crippen LogP contribution in [-0.2, 0) is 24.1 Å². The van der Waals surface area contributed by atoms with Crippen LogP contribution in [0.15, 0.2) is 6.20 Å². The molecule has 0 spiro atoms. The molecule has 2 aliphatic rings. The van der Waals surface area contributed by atoms with Gasteiger partial charge in [0.1, 0.15) is 5.82 Å². The van der Waals surface area contributed by atoms with Crippen LogP contribution in [0, 0.1) is 0 Å². The van der Waals surface area contributed by atoms with E-state index in [2.05, 4.69) is 9.55 Å². The maximum Gasteiger partial charge on any atom is 0.111 e. The van der Waals surface area contributed by atoms with Crippen LogP contribution >= 0.6 is 0 Å². The Kier molecular flexibility index (Phi) is 2.69. The maximum absolute atomic E-state index is 5.96. The van der Waals surface area contributed by atoms with Crippen LogP contribution in [-0.4, -0.2) is 28.3 Å². The molecule has 0 amide bonds. The average Bonchev–Trinajstić information content (AvgIpc) is 2.89. The molecule has 1 saturated heterocycles. The fraction of sp³-hybridized carbons (Fsp3) is 0.750. The van der Waals surface area contributed by atoms with Gasteiger partial charge in [0, 0.05) is 43.9 Å². The van der Waals surface area contributed by atoms with Gasteiger partial charge >= 0.3 is 0 Å². The van der Waals surface area contributed by atoms with Crippen molar-refractivity contribution in [3.05, 3.63) is 17.7 Å². The fourth-order valence-corrected chi connectivity index (χ4v) is 2.73. The summed E-state index contributed by atoms with van der Waals surface area (Å²) in [6, 6.07) is 0.319. The predicted molar refractivity (Wildman–Crippen MR) is 61.2 cm³/mol. The first-order chi connectivity index (χ1) is 7.83. The van der Waals surface area contributed by atoms with Gasteiger partial charge in [-0.05, 0) is 19.3 Å². The van der Waals surface area contributed by atoms with Crippen molar-refractivity contribution in [3.63, 3.8) is 0 Å². The summed E-state index contributed by atoms with van der Waals surface area (Å²) in [5.41, 5.74) is 7.25. The number of hydrogen-bond acceptors (Lipinski definition) is 3. The van der Waals surface area contributed by atoms with Crippen LogP contribution in [0.4, 0.5) is 0 Å². The van der Waals surface area contributed by atoms with E-state index in [0.717, 1.165) is 32.4 Å². The Morgan fingerprint density at radius 2 is 2.44 bits per heavy atom. The number of ether oxygens (including phenoxy) is 1. The van der Waals surface area contributed by atoms with E-state index >= 15 is 0 Å². The summed E-state index contributed by atoms with van der Waals surface area (Å²) in [6.45, 7) is 1.95. The Bertz CT molecular complexity index is 368. The van der Waals surface area contributed by atoms with E-state index < -0.39 is 0 Å². The van der Waals surface area contributed by atoms with Crippen LogP contribution in [0.3, 0.4) is 0 Å². The zero-order valence-electron chi connectivity index (χ0n) is 9.56. The first kappa shape index (κ1) is 10.3. The summed E-state index contributed by atoms with van der Waals surface area (Å²) in [6.07, 6.45) is 7.77. The molecule has 1 fully saturated rings. The normalized spacial score (nSPS) is 29.3. The monoisotopic (exact) mass is 221 g/mol. The first-order valence-electron chi connectivity index (χ1n) is 6.23. The fourth-order valence-electron chi connectivity index (χ4n) is 2.73. The summed E-state index contributed by atoms with van der Waals surface area (Å²) >= 11 is 0. The van der Waals surface area contributed by atoms with Gasteiger partial charge in [-0.25, -0.2) is 4.98 Å². The van der Waals surface area contributed by atoms with Crippen LogP contribution in [0.1, 0.15) is 30.8 Å². The minimum absolute atomic E-state index is 0.319. The summed E-state index contributed by atoms with van der Waals surface area (Å²) in [5, 5.41) is 0. The van der Waals surface area contributed by atoms with E-state index in [1.54, 1.807) is 0 Å². The van der Waals surface area contributed by atoms with E-state index in [0.29, 0.717) is 12.1 Å². The number of nitrogens with zero attached hydrogens (tertiary/aromatic N) is 2. The van der Waals surface area contributed by atoms with Crippen molar-refractivity contribution in [1.82, 2.24) is 9.55 Å². The topological polar surface area (TPSA) is 53.1 Å². The highest BCUT2D eigenvalue weighted by Crippen LogP contribution is 2.20. The lowest BCUT2D eigenvalue weighted by Crippen LogP contribution is -2.31. The highest BCUT2D eigenvalue weighted by Gasteiger charge is 2.22. The van der Waals surface area contributed by atoms with Gasteiger partial charge in [0.25, 0.3) is 0 Å². The largest absolute Gasteiger partial charge is 0.378 e. The van der Waals surface area contributed by atoms with E-state index in [1.807, 2.05) is 6.20 Å². The molecule has 2 unspecified atom stereocenters. The molecule has 0 bridgehead atoms. The van der Waals surface area contributed by atoms with Gasteiger partial charge in [-0.15, -0.1) is 0 Å². The minimum Gasteiger partial charge on any atom is -0.378 e. The molecule has 4 nitrogen and oxygen atoms in total. The molecule has 0 aliphatic carbocycles. The molecular formula is C12H19N3O. The van der Waals surface area contributed by atoms with Crippen molar-refractivity contribution in [2.75, 3.05) is 6.61 Å². The van der Waals surface area contributed by atoms with E-state index in [-0.39, 0.29) is 0 Å². The molecule has 2 atom stereocenters. The van der Waals surface area contributed by atoms with Gasteiger partial charge in [-0.2, -0.15) is 0 Å². The number of rotatable bonds is 2. The van der Waals surface area contributed by atoms with Crippen molar-refractivity contribution >= 4 is 0 Å². The molecule has 2 N–H and O–H groups in total. The third-order valence-corrected chi connectivity index (χ3v) is 3.65. The van der Waals surface area contributed by atoms with E-state index in [4.69, 9.17) is 10.5 Å². The van der Waals surface area contributed by atoms with Gasteiger partial charge in [0.2, 0.25) is 0 Å². The Labute approximate surface area is 95.8 Å². The van der Waals surface area contributed by atoms with Crippen molar-refractivity contribution in [2.24, 2.45) is 5.73 Å². The lowest BCUT2D eigenvalue weighted by Gasteiger charge is -2.22. The highest BCUT2D eigenvalue weighted by atomic mass is 16.5. The van der Waals surface area contributed by atoms with Crippen LogP contribution in [0.5, 0.6) is 0 Å². The van der Waals surface area contributed by atoms with Crippen molar-refractivity contribution in [3.8, 4) is 0 Å². The molecule has 88 valence electrons. The third kappa shape index (κ3) is 1.87. The highest BCUT2D eigenvalue weighted by molar-refractivity contribution is 5.10. The Balaban J connectivity index is 1.75. The number of hydrogen-bond donors (Lipinski definition) is 1. The summed E-state index contributed by atoms with van der Waals surface area (Å²) < 4.78 is 8.00. The smallest absolute Gasteiger partial charge is 0.111 e. The van der Waals surface area contributed by atoms with E-state index in [1.165, 1.54) is 24.4 Å². The second-order valence-electron chi connectivity index (χ2n) is 4.91. The molecule has 3 rings (SSSR count). The number of aromatic nitrogens is 2. The van der Waals surface area contributed by atoms with Crippen LogP contribution in [0.25, 0.3) is 0 Å². The first-order valence-corrected chi connectivity index (χ1v) is 6.23. The number of nitrogens with two attached hydrogens (primary N) is 1.